The zero-order chi connectivity index (χ0) is 18.7. The molecule has 24 heavy (non-hydrogen) atoms. The Morgan fingerprint density at radius 3 is 2.17 bits per heavy atom. The Hall–Kier alpha value is -1.46. The second-order valence-electron chi connectivity index (χ2n) is 5.04. The van der Waals surface area contributed by atoms with E-state index in [2.05, 4.69) is 23.3 Å². The second kappa shape index (κ2) is 12.0. The van der Waals surface area contributed by atoms with Crippen molar-refractivity contribution in [2.45, 2.75) is 37.4 Å². The van der Waals surface area contributed by atoms with Gasteiger partial charge in [-0.15, -0.1) is 0 Å². The number of hydrogen-bond acceptors (Lipinski definition) is 7. The van der Waals surface area contributed by atoms with Crippen LogP contribution in [0.15, 0.2) is 0 Å². The van der Waals surface area contributed by atoms with Crippen LogP contribution in [0, 0.1) is 0 Å². The number of hydrogen-bond donors (Lipinski definition) is 6. The monoisotopic (exact) mass is 380 g/mol. The molecule has 0 fully saturated rings. The number of thioether (sulfide) groups is 1. The Kier molecular flexibility index (Phi) is 11.3. The van der Waals surface area contributed by atoms with Gasteiger partial charge in [0.05, 0.1) is 6.04 Å². The van der Waals surface area contributed by atoms with Gasteiger partial charge in [0.15, 0.2) is 0 Å². The predicted octanol–water partition coefficient (Wildman–Crippen LogP) is -1.68. The Morgan fingerprint density at radius 2 is 1.71 bits per heavy atom. The lowest BCUT2D eigenvalue weighted by Crippen LogP contribution is -2.55. The zero-order valence-electron chi connectivity index (χ0n) is 13.4. The van der Waals surface area contributed by atoms with Crippen LogP contribution < -0.4 is 22.1 Å². The van der Waals surface area contributed by atoms with E-state index in [9.17, 15) is 19.2 Å². The molecule has 0 unspecified atom stereocenters. The van der Waals surface area contributed by atoms with Crippen LogP contribution in [0.4, 0.5) is 0 Å². The summed E-state index contributed by atoms with van der Waals surface area (Å²) in [5, 5.41) is 13.8. The summed E-state index contributed by atoms with van der Waals surface area (Å²) < 4.78 is 0. The molecule has 0 spiro atoms. The number of amides is 3. The van der Waals surface area contributed by atoms with Crippen LogP contribution in [0.2, 0.25) is 0 Å². The van der Waals surface area contributed by atoms with Crippen molar-refractivity contribution >= 4 is 48.1 Å². The van der Waals surface area contributed by atoms with E-state index in [1.807, 2.05) is 6.26 Å². The van der Waals surface area contributed by atoms with E-state index in [4.69, 9.17) is 16.6 Å². The molecule has 11 heteroatoms. The van der Waals surface area contributed by atoms with Crippen molar-refractivity contribution in [1.29, 1.82) is 0 Å². The topological polar surface area (TPSA) is 165 Å². The summed E-state index contributed by atoms with van der Waals surface area (Å²) in [4.78, 5) is 45.9. The summed E-state index contributed by atoms with van der Waals surface area (Å²) >= 11 is 5.34. The van der Waals surface area contributed by atoms with Crippen molar-refractivity contribution in [3.8, 4) is 0 Å². The Labute approximate surface area is 150 Å². The number of nitrogens with one attached hydrogen (secondary N) is 2. The van der Waals surface area contributed by atoms with E-state index in [0.29, 0.717) is 12.2 Å². The third-order valence-corrected chi connectivity index (χ3v) is 4.09. The fourth-order valence-corrected chi connectivity index (χ4v) is 2.39. The van der Waals surface area contributed by atoms with Gasteiger partial charge in [-0.05, 0) is 24.9 Å². The van der Waals surface area contributed by atoms with Gasteiger partial charge in [0.2, 0.25) is 17.7 Å². The van der Waals surface area contributed by atoms with Crippen molar-refractivity contribution in [3.05, 3.63) is 0 Å². The van der Waals surface area contributed by atoms with Gasteiger partial charge in [-0.25, -0.2) is 4.79 Å². The molecule has 0 rings (SSSR count). The zero-order valence-corrected chi connectivity index (χ0v) is 15.1. The number of carbonyl (C=O) groups is 4. The highest BCUT2D eigenvalue weighted by Crippen LogP contribution is 2.04. The predicted molar refractivity (Wildman–Crippen MR) is 94.8 cm³/mol. The first-order chi connectivity index (χ1) is 11.2. The van der Waals surface area contributed by atoms with Crippen LogP contribution in [0.5, 0.6) is 0 Å². The average molecular weight is 380 g/mol. The van der Waals surface area contributed by atoms with Crippen LogP contribution in [0.25, 0.3) is 0 Å². The molecule has 0 radical (unpaired) electrons. The van der Waals surface area contributed by atoms with Gasteiger partial charge in [0.1, 0.15) is 12.1 Å². The number of aliphatic carboxylic acids is 1. The Balaban J connectivity index is 4.79. The first-order valence-corrected chi connectivity index (χ1v) is 9.22. The maximum Gasteiger partial charge on any atom is 0.327 e. The molecule has 3 amide bonds. The van der Waals surface area contributed by atoms with Crippen molar-refractivity contribution in [3.63, 3.8) is 0 Å². The molecule has 9 nitrogen and oxygen atoms in total. The first-order valence-electron chi connectivity index (χ1n) is 7.20. The summed E-state index contributed by atoms with van der Waals surface area (Å²) in [7, 11) is 0. The fraction of sp³-hybridized carbons (Fsp3) is 0.692. The normalized spacial score (nSPS) is 14.3. The molecule has 0 saturated carbocycles. The smallest absolute Gasteiger partial charge is 0.327 e. The summed E-state index contributed by atoms with van der Waals surface area (Å²) in [6, 6.07) is -3.06. The highest BCUT2D eigenvalue weighted by Gasteiger charge is 2.27. The molecule has 0 bridgehead atoms. The second-order valence-corrected chi connectivity index (χ2v) is 6.39. The van der Waals surface area contributed by atoms with Crippen molar-refractivity contribution in [2.24, 2.45) is 11.5 Å². The number of primary amides is 1. The van der Waals surface area contributed by atoms with Gasteiger partial charge < -0.3 is 27.2 Å². The van der Waals surface area contributed by atoms with E-state index in [1.165, 1.54) is 11.8 Å². The number of carboxylic acid groups (broad SMARTS) is 1. The maximum atomic E-state index is 12.2. The lowest BCUT2D eigenvalue weighted by molar-refractivity contribution is -0.141. The molecule has 0 aliphatic rings. The van der Waals surface area contributed by atoms with E-state index in [0.717, 1.165) is 0 Å². The van der Waals surface area contributed by atoms with Gasteiger partial charge in [0.25, 0.3) is 0 Å². The molecule has 0 heterocycles. The molecule has 0 aliphatic carbocycles. The Morgan fingerprint density at radius 1 is 1.12 bits per heavy atom. The van der Waals surface area contributed by atoms with Crippen LogP contribution in [-0.2, 0) is 19.2 Å². The lowest BCUT2D eigenvalue weighted by Gasteiger charge is -2.22. The molecule has 0 aromatic heterocycles. The molecule has 7 N–H and O–H groups in total. The van der Waals surface area contributed by atoms with Gasteiger partial charge in [-0.3, -0.25) is 14.4 Å². The number of rotatable bonds is 12. The van der Waals surface area contributed by atoms with Crippen molar-refractivity contribution < 1.29 is 24.3 Å². The van der Waals surface area contributed by atoms with Gasteiger partial charge in [0, 0.05) is 12.2 Å². The minimum Gasteiger partial charge on any atom is -0.480 e. The number of nitrogens with two attached hydrogens (primary N) is 2. The Bertz CT molecular complexity index is 464. The molecule has 138 valence electrons. The number of carboxylic acids is 1. The molecule has 0 aromatic rings. The van der Waals surface area contributed by atoms with Crippen LogP contribution in [0.1, 0.15) is 19.3 Å². The molecular weight excluding hydrogens is 356 g/mol. The highest BCUT2D eigenvalue weighted by molar-refractivity contribution is 7.98. The maximum absolute atomic E-state index is 12.2. The number of thiol groups is 1. The average Bonchev–Trinajstić information content (AvgIpc) is 2.52. The summed E-state index contributed by atoms with van der Waals surface area (Å²) in [5.74, 6) is -2.52. The van der Waals surface area contributed by atoms with Crippen LogP contribution in [-0.4, -0.2) is 64.7 Å². The van der Waals surface area contributed by atoms with Crippen LogP contribution >= 0.6 is 24.4 Å². The van der Waals surface area contributed by atoms with Crippen molar-refractivity contribution in [2.75, 3.05) is 17.8 Å². The van der Waals surface area contributed by atoms with Gasteiger partial charge >= 0.3 is 5.97 Å². The molecule has 0 aliphatic heterocycles. The summed E-state index contributed by atoms with van der Waals surface area (Å²) in [5.41, 5.74) is 10.7. The SMILES string of the molecule is CSCC[C@H](NC(=O)[C@@H](N)CCC(N)=O)C(=O)N[C@@H](CS)C(=O)O. The highest BCUT2D eigenvalue weighted by atomic mass is 32.2. The standard InChI is InChI=1S/C13H24N4O5S2/c1-24-5-4-8(12(20)17-9(6-23)13(21)22)16-11(19)7(14)2-3-10(15)18/h7-9,23H,2-6,14H2,1H3,(H2,15,18)(H,16,19)(H,17,20)(H,21,22)/t7-,8-,9-/m0/s1. The van der Waals surface area contributed by atoms with Crippen LogP contribution in [0.3, 0.4) is 0 Å². The lowest BCUT2D eigenvalue weighted by atomic mass is 10.1. The minimum absolute atomic E-state index is 0.0446. The molecular formula is C13H24N4O5S2. The third-order valence-electron chi connectivity index (χ3n) is 3.08. The fourth-order valence-electron chi connectivity index (χ4n) is 1.67. The minimum atomic E-state index is -1.22. The molecule has 0 saturated heterocycles. The van der Waals surface area contributed by atoms with Gasteiger partial charge in [-0.1, -0.05) is 0 Å². The quantitative estimate of drug-likeness (QED) is 0.220. The molecule has 0 aromatic carbocycles. The summed E-state index contributed by atoms with van der Waals surface area (Å²) in [6.45, 7) is 0. The van der Waals surface area contributed by atoms with E-state index >= 15 is 0 Å². The van der Waals surface area contributed by atoms with E-state index < -0.39 is 41.8 Å². The largest absolute Gasteiger partial charge is 0.480 e. The third kappa shape index (κ3) is 8.99. The van der Waals surface area contributed by atoms with E-state index in [1.54, 1.807) is 0 Å². The van der Waals surface area contributed by atoms with E-state index in [-0.39, 0.29) is 18.6 Å². The summed E-state index contributed by atoms with van der Waals surface area (Å²) in [6.07, 6.45) is 2.16. The molecule has 3 atom stereocenters. The van der Waals surface area contributed by atoms with Crippen molar-refractivity contribution in [1.82, 2.24) is 10.6 Å². The number of carbonyl (C=O) groups excluding carboxylic acids is 3. The first kappa shape index (κ1) is 22.5. The van der Waals surface area contributed by atoms with Gasteiger partial charge in [-0.2, -0.15) is 24.4 Å².